The highest BCUT2D eigenvalue weighted by Crippen LogP contribution is 2.43. The molecule has 0 bridgehead atoms. The zero-order valence-corrected chi connectivity index (χ0v) is 31.0. The van der Waals surface area contributed by atoms with Crippen LogP contribution in [0.2, 0.25) is 0 Å². The predicted molar refractivity (Wildman–Crippen MR) is 208 cm³/mol. The molecule has 2 heterocycles. The maximum Gasteiger partial charge on any atom is 0.408 e. The van der Waals surface area contributed by atoms with Gasteiger partial charge in [0.05, 0.1) is 11.0 Å². The molecule has 10 heteroatoms. The van der Waals surface area contributed by atoms with Gasteiger partial charge in [-0.05, 0) is 75.3 Å². The molecule has 2 N–H and O–H groups in total. The van der Waals surface area contributed by atoms with Gasteiger partial charge in [0.2, 0.25) is 0 Å². The van der Waals surface area contributed by atoms with Crippen molar-refractivity contribution in [2.45, 2.75) is 89.8 Å². The Labute approximate surface area is 311 Å². The number of carboxylic acid groups (broad SMARTS) is 1. The Morgan fingerprint density at radius 3 is 1.94 bits per heavy atom. The molecule has 6 rings (SSSR count). The number of amides is 2. The molecule has 1 fully saturated rings. The molecule has 1 aliphatic heterocycles. The van der Waals surface area contributed by atoms with Crippen molar-refractivity contribution in [1.82, 2.24) is 24.3 Å². The molecule has 278 valence electrons. The van der Waals surface area contributed by atoms with Crippen LogP contribution in [0, 0.1) is 0 Å². The number of para-hydroxylation sites is 2. The number of nitrogens with one attached hydrogen (secondary N) is 1. The number of ether oxygens (including phenoxy) is 1. The highest BCUT2D eigenvalue weighted by molar-refractivity contribution is 5.76. The number of likely N-dealkylation sites (tertiary alicyclic amines) is 1. The minimum atomic E-state index is -0.961. The Morgan fingerprint density at radius 2 is 1.38 bits per heavy atom. The van der Waals surface area contributed by atoms with Crippen LogP contribution in [0.3, 0.4) is 0 Å². The minimum absolute atomic E-state index is 0.179. The number of imidazole rings is 1. The van der Waals surface area contributed by atoms with Gasteiger partial charge in [0.1, 0.15) is 11.3 Å². The van der Waals surface area contributed by atoms with Gasteiger partial charge in [0.15, 0.2) is 0 Å². The van der Waals surface area contributed by atoms with E-state index in [1.807, 2.05) is 104 Å². The summed E-state index contributed by atoms with van der Waals surface area (Å²) in [5.74, 6) is 0. The third kappa shape index (κ3) is 9.00. The normalized spacial score (nSPS) is 17.6. The number of alkyl carbamates (subject to hydrolysis) is 1. The summed E-state index contributed by atoms with van der Waals surface area (Å²) < 4.78 is 8.99. The summed E-state index contributed by atoms with van der Waals surface area (Å²) in [6.45, 7) is 7.24. The van der Waals surface area contributed by atoms with Crippen molar-refractivity contribution >= 4 is 23.2 Å². The quantitative estimate of drug-likeness (QED) is 0.128. The van der Waals surface area contributed by atoms with E-state index in [1.165, 1.54) is 5.56 Å². The Kier molecular flexibility index (Phi) is 11.7. The molecular formula is C43H51N5O5. The van der Waals surface area contributed by atoms with Crippen molar-refractivity contribution in [2.75, 3.05) is 13.1 Å². The highest BCUT2D eigenvalue weighted by Gasteiger charge is 2.49. The number of carbonyl (C=O) groups is 2. The second-order valence-electron chi connectivity index (χ2n) is 15.0. The lowest BCUT2D eigenvalue weighted by Gasteiger charge is -2.54. The first-order valence-electron chi connectivity index (χ1n) is 18.6. The summed E-state index contributed by atoms with van der Waals surface area (Å²) in [4.78, 5) is 44.3. The summed E-state index contributed by atoms with van der Waals surface area (Å²) in [7, 11) is 0. The predicted octanol–water partition coefficient (Wildman–Crippen LogP) is 8.06. The summed E-state index contributed by atoms with van der Waals surface area (Å²) in [6, 6.07) is 38.1. The van der Waals surface area contributed by atoms with Crippen molar-refractivity contribution < 1.29 is 19.4 Å². The molecule has 2 atom stereocenters. The van der Waals surface area contributed by atoms with Crippen LogP contribution in [-0.4, -0.2) is 60.6 Å². The second-order valence-corrected chi connectivity index (χ2v) is 15.0. The van der Waals surface area contributed by atoms with Gasteiger partial charge >= 0.3 is 17.9 Å². The first-order chi connectivity index (χ1) is 25.5. The fraction of sp³-hybridized carbons (Fsp3) is 0.372. The molecule has 4 aromatic carbocycles. The molecule has 1 saturated heterocycles. The van der Waals surface area contributed by atoms with E-state index in [4.69, 9.17) is 4.74 Å². The van der Waals surface area contributed by atoms with Crippen LogP contribution in [0.4, 0.5) is 9.59 Å². The van der Waals surface area contributed by atoms with Crippen molar-refractivity contribution in [3.8, 4) is 0 Å². The molecule has 0 radical (unpaired) electrons. The van der Waals surface area contributed by atoms with E-state index in [9.17, 15) is 19.5 Å². The molecule has 1 aliphatic rings. The number of hydrogen-bond donors (Lipinski definition) is 2. The lowest BCUT2D eigenvalue weighted by Crippen LogP contribution is -2.65. The Balaban J connectivity index is 1.41. The smallest absolute Gasteiger partial charge is 0.408 e. The number of benzene rings is 4. The largest absolute Gasteiger partial charge is 0.465 e. The van der Waals surface area contributed by atoms with Crippen LogP contribution in [0.5, 0.6) is 0 Å². The van der Waals surface area contributed by atoms with Gasteiger partial charge < -0.3 is 15.2 Å². The van der Waals surface area contributed by atoms with Crippen LogP contribution in [0.15, 0.2) is 120 Å². The number of aryl methyl sites for hydroxylation is 1. The SMILES string of the molecule is CC(C)(C)OC(=O)NCCn1c(=O)n(C2CCN(C(=O)O)[C@](CCCc3ccccc3)(N(Cc3ccccc3)Cc3ccccc3)C2)c2ccccc21. The average Bonchev–Trinajstić information content (AvgIpc) is 3.42. The zero-order valence-electron chi connectivity index (χ0n) is 31.0. The summed E-state index contributed by atoms with van der Waals surface area (Å²) in [5.41, 5.74) is 3.19. The number of rotatable bonds is 13. The molecule has 0 saturated carbocycles. The van der Waals surface area contributed by atoms with Crippen molar-refractivity contribution in [2.24, 2.45) is 0 Å². The van der Waals surface area contributed by atoms with E-state index >= 15 is 0 Å². The van der Waals surface area contributed by atoms with Crippen LogP contribution >= 0.6 is 0 Å². The second kappa shape index (κ2) is 16.5. The topological polar surface area (TPSA) is 109 Å². The highest BCUT2D eigenvalue weighted by atomic mass is 16.6. The molecule has 53 heavy (non-hydrogen) atoms. The van der Waals surface area contributed by atoms with E-state index in [0.717, 1.165) is 35.0 Å². The van der Waals surface area contributed by atoms with E-state index in [2.05, 4.69) is 46.6 Å². The van der Waals surface area contributed by atoms with E-state index in [-0.39, 0.29) is 31.4 Å². The molecule has 0 aliphatic carbocycles. The maximum atomic E-state index is 14.5. The monoisotopic (exact) mass is 717 g/mol. The van der Waals surface area contributed by atoms with Gasteiger partial charge in [-0.15, -0.1) is 0 Å². The molecule has 5 aromatic rings. The molecule has 0 spiro atoms. The van der Waals surface area contributed by atoms with Crippen LogP contribution in [0.25, 0.3) is 11.0 Å². The molecule has 1 aromatic heterocycles. The molecule has 10 nitrogen and oxygen atoms in total. The van der Waals surface area contributed by atoms with Crippen molar-refractivity contribution in [3.05, 3.63) is 142 Å². The van der Waals surface area contributed by atoms with Gasteiger partial charge in [0.25, 0.3) is 0 Å². The number of carbonyl (C=O) groups excluding carboxylic acids is 1. The number of nitrogens with zero attached hydrogens (tertiary/aromatic N) is 4. The van der Waals surface area contributed by atoms with Crippen molar-refractivity contribution in [3.63, 3.8) is 0 Å². The fourth-order valence-corrected chi connectivity index (χ4v) is 7.83. The van der Waals surface area contributed by atoms with E-state index in [1.54, 1.807) is 9.47 Å². The number of piperidine rings is 1. The Hall–Kier alpha value is -5.35. The molecule has 2 amide bonds. The lowest BCUT2D eigenvalue weighted by atomic mass is 9.84. The first-order valence-corrected chi connectivity index (χ1v) is 18.6. The van der Waals surface area contributed by atoms with Gasteiger partial charge in [0, 0.05) is 45.2 Å². The van der Waals surface area contributed by atoms with Gasteiger partial charge in [-0.3, -0.25) is 18.9 Å². The van der Waals surface area contributed by atoms with Crippen LogP contribution in [0.1, 0.15) is 69.2 Å². The van der Waals surface area contributed by atoms with E-state index in [0.29, 0.717) is 32.4 Å². The van der Waals surface area contributed by atoms with E-state index < -0.39 is 23.5 Å². The third-order valence-electron chi connectivity index (χ3n) is 10.1. The zero-order chi connectivity index (χ0) is 37.4. The standard InChI is InChI=1S/C43H51N5O5/c1-42(2,3)53-39(49)44-27-29-46-37-23-13-14-24-38(37)48(40(46)50)36-25-28-47(41(51)52)43(30-36,26-15-22-33-16-7-4-8-17-33)45(31-34-18-9-5-10-19-34)32-35-20-11-6-12-21-35/h4-14,16-21,23-24,36H,15,22,25-32H2,1-3H3,(H,44,49)(H,51,52)/t36?,43-/m0/s1. The molecule has 1 unspecified atom stereocenters. The van der Waals surface area contributed by atoms with Gasteiger partial charge in [-0.25, -0.2) is 14.4 Å². The minimum Gasteiger partial charge on any atom is -0.465 e. The summed E-state index contributed by atoms with van der Waals surface area (Å²) in [5, 5.41) is 13.7. The number of fused-ring (bicyclic) bond motifs is 1. The molecular weight excluding hydrogens is 667 g/mol. The Bertz CT molecular complexity index is 1980. The summed E-state index contributed by atoms with van der Waals surface area (Å²) in [6.07, 6.45) is 1.56. The summed E-state index contributed by atoms with van der Waals surface area (Å²) >= 11 is 0. The Morgan fingerprint density at radius 1 is 0.830 bits per heavy atom. The van der Waals surface area contributed by atoms with Crippen LogP contribution < -0.4 is 11.0 Å². The van der Waals surface area contributed by atoms with Gasteiger partial charge in [-0.2, -0.15) is 0 Å². The van der Waals surface area contributed by atoms with Crippen LogP contribution in [-0.2, 0) is 30.8 Å². The van der Waals surface area contributed by atoms with Crippen molar-refractivity contribution in [1.29, 1.82) is 0 Å². The maximum absolute atomic E-state index is 14.5. The number of hydrogen-bond acceptors (Lipinski definition) is 5. The van der Waals surface area contributed by atoms with Gasteiger partial charge in [-0.1, -0.05) is 103 Å². The lowest BCUT2D eigenvalue weighted by molar-refractivity contribution is -0.0980. The third-order valence-corrected chi connectivity index (χ3v) is 10.1. The average molecular weight is 718 g/mol. The number of aromatic nitrogens is 2. The fourth-order valence-electron chi connectivity index (χ4n) is 7.83. The first kappa shape index (κ1) is 37.4.